The zero-order chi connectivity index (χ0) is 34.4. The second-order valence-corrected chi connectivity index (χ2v) is 15.4. The molecule has 10 rings (SSSR count). The number of hydrogen-bond donors (Lipinski definition) is 0. The Kier molecular flexibility index (Phi) is 7.67. The van der Waals surface area contributed by atoms with Crippen LogP contribution in [0.1, 0.15) is 22.6 Å². The second-order valence-electron chi connectivity index (χ2n) is 13.3. The number of fused-ring (bicyclic) bond motifs is 6. The Balaban J connectivity index is 1.20. The van der Waals surface area contributed by atoms with Gasteiger partial charge in [-0.2, -0.15) is 0 Å². The van der Waals surface area contributed by atoms with Crippen molar-refractivity contribution in [3.05, 3.63) is 211 Å². The number of rotatable bonds is 7. The molecule has 2 heterocycles. The van der Waals surface area contributed by atoms with Crippen LogP contribution >= 0.6 is 22.7 Å². The molecule has 0 amide bonds. The van der Waals surface area contributed by atoms with Crippen molar-refractivity contribution in [2.45, 2.75) is 5.92 Å². The van der Waals surface area contributed by atoms with Gasteiger partial charge in [0.1, 0.15) is 0 Å². The SMILES string of the molecule is c1ccc(-c2ccc(C(c3ccc4sc5ccccc5c4c3)c3cccc4c3sc3c(N(c5ccccc5)c5ccccc5)cccc34)cc2)cc1. The highest BCUT2D eigenvalue weighted by atomic mass is 32.1. The molecule has 1 nitrogen and oxygen atoms in total. The quantitative estimate of drug-likeness (QED) is 0.150. The monoisotopic (exact) mass is 699 g/mol. The van der Waals surface area contributed by atoms with E-state index < -0.39 is 0 Å². The van der Waals surface area contributed by atoms with E-state index >= 15 is 0 Å². The van der Waals surface area contributed by atoms with Crippen molar-refractivity contribution in [3.8, 4) is 11.1 Å². The second kappa shape index (κ2) is 13.0. The van der Waals surface area contributed by atoms with Crippen molar-refractivity contribution in [1.29, 1.82) is 0 Å². The lowest BCUT2D eigenvalue weighted by molar-refractivity contribution is 0.995. The predicted octanol–water partition coefficient (Wildman–Crippen LogP) is 14.7. The van der Waals surface area contributed by atoms with E-state index in [1.165, 1.54) is 73.8 Å². The van der Waals surface area contributed by atoms with Crippen LogP contribution in [0.25, 0.3) is 51.5 Å². The summed E-state index contributed by atoms with van der Waals surface area (Å²) in [6, 6.07) is 71.0. The number of nitrogens with zero attached hydrogens (tertiary/aromatic N) is 1. The van der Waals surface area contributed by atoms with Crippen LogP contribution in [-0.4, -0.2) is 0 Å². The molecule has 0 aliphatic carbocycles. The summed E-state index contributed by atoms with van der Waals surface area (Å²) < 4.78 is 5.28. The Bertz CT molecular complexity index is 2800. The third kappa shape index (κ3) is 5.29. The van der Waals surface area contributed by atoms with Crippen LogP contribution < -0.4 is 4.90 Å². The van der Waals surface area contributed by atoms with Crippen LogP contribution in [0.4, 0.5) is 17.1 Å². The third-order valence-electron chi connectivity index (χ3n) is 10.2. The zero-order valence-corrected chi connectivity index (χ0v) is 29.9. The number of hydrogen-bond acceptors (Lipinski definition) is 3. The smallest absolute Gasteiger partial charge is 0.0640 e. The molecule has 2 aromatic heterocycles. The van der Waals surface area contributed by atoms with Crippen molar-refractivity contribution in [3.63, 3.8) is 0 Å². The molecule has 0 aliphatic rings. The predicted molar refractivity (Wildman–Crippen MR) is 226 cm³/mol. The van der Waals surface area contributed by atoms with Crippen molar-refractivity contribution >= 4 is 80.1 Å². The Morgan fingerprint density at radius 1 is 0.365 bits per heavy atom. The Hall–Kier alpha value is -6.00. The van der Waals surface area contributed by atoms with Gasteiger partial charge in [-0.1, -0.05) is 146 Å². The molecule has 0 fully saturated rings. The molecule has 10 aromatic rings. The molecule has 8 aromatic carbocycles. The van der Waals surface area contributed by atoms with E-state index in [1.54, 1.807) is 0 Å². The fourth-order valence-corrected chi connectivity index (χ4v) is 10.2. The van der Waals surface area contributed by atoms with E-state index in [0.717, 1.165) is 11.4 Å². The van der Waals surface area contributed by atoms with Gasteiger partial charge >= 0.3 is 0 Å². The highest BCUT2D eigenvalue weighted by Gasteiger charge is 2.24. The molecule has 3 heteroatoms. The molecular formula is C49H33NS2. The first-order chi connectivity index (χ1) is 25.8. The summed E-state index contributed by atoms with van der Waals surface area (Å²) in [5, 5.41) is 5.24. The molecule has 0 N–H and O–H groups in total. The van der Waals surface area contributed by atoms with Crippen LogP contribution in [0.15, 0.2) is 194 Å². The van der Waals surface area contributed by atoms with Gasteiger partial charge in [0.05, 0.1) is 10.4 Å². The van der Waals surface area contributed by atoms with E-state index in [2.05, 4.69) is 199 Å². The van der Waals surface area contributed by atoms with E-state index in [4.69, 9.17) is 0 Å². The van der Waals surface area contributed by atoms with Gasteiger partial charge in [0.15, 0.2) is 0 Å². The van der Waals surface area contributed by atoms with Gasteiger partial charge < -0.3 is 4.90 Å². The molecule has 1 atom stereocenters. The molecule has 52 heavy (non-hydrogen) atoms. The van der Waals surface area contributed by atoms with Gasteiger partial charge in [-0.15, -0.1) is 22.7 Å². The maximum absolute atomic E-state index is 2.45. The van der Waals surface area contributed by atoms with Crippen molar-refractivity contribution in [1.82, 2.24) is 0 Å². The van der Waals surface area contributed by atoms with Crippen molar-refractivity contribution in [2.75, 3.05) is 4.90 Å². The minimum Gasteiger partial charge on any atom is -0.309 e. The van der Waals surface area contributed by atoms with E-state index in [9.17, 15) is 0 Å². The van der Waals surface area contributed by atoms with Crippen LogP contribution in [0, 0.1) is 0 Å². The van der Waals surface area contributed by atoms with Gasteiger partial charge in [0.25, 0.3) is 0 Å². The van der Waals surface area contributed by atoms with Crippen LogP contribution in [0.3, 0.4) is 0 Å². The summed E-state index contributed by atoms with van der Waals surface area (Å²) in [5.41, 5.74) is 9.88. The highest BCUT2D eigenvalue weighted by molar-refractivity contribution is 7.26. The largest absolute Gasteiger partial charge is 0.309 e. The average molecular weight is 700 g/mol. The first-order valence-corrected chi connectivity index (χ1v) is 19.3. The number of anilines is 3. The number of thiophene rings is 2. The number of para-hydroxylation sites is 2. The normalized spacial score (nSPS) is 12.2. The first-order valence-electron chi connectivity index (χ1n) is 17.7. The lowest BCUT2D eigenvalue weighted by Gasteiger charge is -2.25. The van der Waals surface area contributed by atoms with Crippen LogP contribution in [0.5, 0.6) is 0 Å². The van der Waals surface area contributed by atoms with E-state index in [0.29, 0.717) is 0 Å². The van der Waals surface area contributed by atoms with E-state index in [-0.39, 0.29) is 5.92 Å². The maximum atomic E-state index is 2.45. The van der Waals surface area contributed by atoms with Gasteiger partial charge in [-0.05, 0) is 76.3 Å². The summed E-state index contributed by atoms with van der Waals surface area (Å²) in [6.45, 7) is 0. The zero-order valence-electron chi connectivity index (χ0n) is 28.3. The molecule has 0 saturated heterocycles. The molecular weight excluding hydrogens is 667 g/mol. The lowest BCUT2D eigenvalue weighted by atomic mass is 9.83. The molecule has 0 aliphatic heterocycles. The summed E-state index contributed by atoms with van der Waals surface area (Å²) in [5.74, 6) is 0.0486. The topological polar surface area (TPSA) is 3.24 Å². The van der Waals surface area contributed by atoms with Crippen LogP contribution in [0.2, 0.25) is 0 Å². The summed E-state index contributed by atoms with van der Waals surface area (Å²) in [6.07, 6.45) is 0. The minimum absolute atomic E-state index is 0.0486. The van der Waals surface area contributed by atoms with Gasteiger partial charge in [-0.25, -0.2) is 0 Å². The van der Waals surface area contributed by atoms with Gasteiger partial charge in [0, 0.05) is 52.9 Å². The lowest BCUT2D eigenvalue weighted by Crippen LogP contribution is -2.09. The Labute approximate surface area is 311 Å². The molecule has 0 bridgehead atoms. The molecule has 1 unspecified atom stereocenters. The Morgan fingerprint density at radius 3 is 1.65 bits per heavy atom. The van der Waals surface area contributed by atoms with Gasteiger partial charge in [0.2, 0.25) is 0 Å². The van der Waals surface area contributed by atoms with Crippen LogP contribution in [-0.2, 0) is 0 Å². The highest BCUT2D eigenvalue weighted by Crippen LogP contribution is 2.48. The summed E-state index contributed by atoms with van der Waals surface area (Å²) in [4.78, 5) is 2.40. The standard InChI is InChI=1S/C49H33NS2/c1-4-14-33(15-5-1)34-26-28-35(29-27-34)47(36-30-31-46-43(32-36)39-20-10-11-25-45(39)51-46)42-23-12-21-40-41-22-13-24-44(49(41)52-48(40)42)50(37-16-6-2-7-17-37)38-18-8-3-9-19-38/h1-32,47H. The summed E-state index contributed by atoms with van der Waals surface area (Å²) in [7, 11) is 0. The number of benzene rings is 8. The third-order valence-corrected chi connectivity index (χ3v) is 12.6. The van der Waals surface area contributed by atoms with Crippen molar-refractivity contribution in [2.24, 2.45) is 0 Å². The van der Waals surface area contributed by atoms with E-state index in [1.807, 2.05) is 22.7 Å². The molecule has 246 valence electrons. The molecule has 0 radical (unpaired) electrons. The fraction of sp³-hybridized carbons (Fsp3) is 0.0204. The first kappa shape index (κ1) is 30.8. The molecule has 0 saturated carbocycles. The van der Waals surface area contributed by atoms with Crippen molar-refractivity contribution < 1.29 is 0 Å². The molecule has 0 spiro atoms. The summed E-state index contributed by atoms with van der Waals surface area (Å²) >= 11 is 3.80. The fourth-order valence-electron chi connectivity index (χ4n) is 7.79. The van der Waals surface area contributed by atoms with Gasteiger partial charge in [-0.3, -0.25) is 0 Å². The average Bonchev–Trinajstić information content (AvgIpc) is 3.79. The maximum Gasteiger partial charge on any atom is 0.0640 e. The Morgan fingerprint density at radius 2 is 0.923 bits per heavy atom. The minimum atomic E-state index is 0.0486.